The van der Waals surface area contributed by atoms with E-state index < -0.39 is 0 Å². The van der Waals surface area contributed by atoms with Crippen LogP contribution in [-0.4, -0.2) is 0 Å². The van der Waals surface area contributed by atoms with Gasteiger partial charge in [0.15, 0.2) is 0 Å². The first kappa shape index (κ1) is 16.4. The quantitative estimate of drug-likeness (QED) is 0.549. The van der Waals surface area contributed by atoms with Gasteiger partial charge in [0.1, 0.15) is 0 Å². The minimum Gasteiger partial charge on any atom is -0.0649 e. The van der Waals surface area contributed by atoms with Crippen LogP contribution in [0.2, 0.25) is 0 Å². The first-order chi connectivity index (χ1) is 6.24. The first-order valence-electron chi connectivity index (χ1n) is 6.24. The molecule has 0 aromatic rings. The second-order valence-electron chi connectivity index (χ2n) is 5.74. The molecule has 88 valence electrons. The van der Waals surface area contributed by atoms with E-state index in [0.29, 0.717) is 10.8 Å². The molecule has 0 aliphatic carbocycles. The number of hydrogen-bond donors (Lipinski definition) is 0. The summed E-state index contributed by atoms with van der Waals surface area (Å²) in [6.45, 7) is 18.2. The Morgan fingerprint density at radius 2 is 0.643 bits per heavy atom. The van der Waals surface area contributed by atoms with Crippen LogP contribution >= 0.6 is 0 Å². The van der Waals surface area contributed by atoms with Crippen LogP contribution in [-0.2, 0) is 0 Å². The Balaban J connectivity index is 0. The summed E-state index contributed by atoms with van der Waals surface area (Å²) in [4.78, 5) is 0. The molecule has 14 heavy (non-hydrogen) atoms. The van der Waals surface area contributed by atoms with E-state index in [0.717, 1.165) is 0 Å². The van der Waals surface area contributed by atoms with Gasteiger partial charge in [0.25, 0.3) is 0 Å². The van der Waals surface area contributed by atoms with Crippen molar-refractivity contribution in [2.75, 3.05) is 0 Å². The summed E-state index contributed by atoms with van der Waals surface area (Å²) in [5.74, 6) is 0. The van der Waals surface area contributed by atoms with Crippen LogP contribution in [0.3, 0.4) is 0 Å². The molecule has 0 N–H and O–H groups in total. The van der Waals surface area contributed by atoms with E-state index >= 15 is 0 Å². The Kier molecular flexibility index (Phi) is 8.58. The summed E-state index contributed by atoms with van der Waals surface area (Å²) >= 11 is 0. The minimum absolute atomic E-state index is 0.583. The molecule has 0 aliphatic rings. The van der Waals surface area contributed by atoms with Gasteiger partial charge >= 0.3 is 0 Å². The standard InChI is InChI=1S/2C7H16/c2*1-5-7(3,4)6-2/h2*5-6H2,1-4H3. The molecular formula is C14H32. The zero-order valence-corrected chi connectivity index (χ0v) is 11.8. The molecule has 0 aromatic carbocycles. The average molecular weight is 200 g/mol. The van der Waals surface area contributed by atoms with Crippen molar-refractivity contribution < 1.29 is 0 Å². The van der Waals surface area contributed by atoms with E-state index in [1.807, 2.05) is 0 Å². The molecule has 0 heteroatoms. The van der Waals surface area contributed by atoms with Crippen LogP contribution in [0.15, 0.2) is 0 Å². The van der Waals surface area contributed by atoms with Crippen LogP contribution in [0.4, 0.5) is 0 Å². The van der Waals surface area contributed by atoms with E-state index in [4.69, 9.17) is 0 Å². The number of rotatable bonds is 4. The zero-order chi connectivity index (χ0) is 11.8. The minimum atomic E-state index is 0.583. The molecule has 0 aliphatic heterocycles. The summed E-state index contributed by atoms with van der Waals surface area (Å²) in [5.41, 5.74) is 1.17. The van der Waals surface area contributed by atoms with Gasteiger partial charge < -0.3 is 0 Å². The first-order valence-corrected chi connectivity index (χ1v) is 6.24. The molecule has 0 saturated heterocycles. The van der Waals surface area contributed by atoms with Gasteiger partial charge in [-0.25, -0.2) is 0 Å². The maximum absolute atomic E-state index is 2.30. The molecular weight excluding hydrogens is 168 g/mol. The molecule has 0 saturated carbocycles. The highest BCUT2D eigenvalue weighted by Gasteiger charge is 2.10. The van der Waals surface area contributed by atoms with Crippen LogP contribution in [0, 0.1) is 10.8 Å². The monoisotopic (exact) mass is 200 g/mol. The Labute approximate surface area is 92.5 Å². The van der Waals surface area contributed by atoms with E-state index in [2.05, 4.69) is 55.4 Å². The molecule has 0 unspecified atom stereocenters. The highest BCUT2D eigenvalue weighted by atomic mass is 14.2. The fraction of sp³-hybridized carbons (Fsp3) is 1.00. The lowest BCUT2D eigenvalue weighted by Crippen LogP contribution is -2.05. The van der Waals surface area contributed by atoms with Gasteiger partial charge in [-0.05, 0) is 10.8 Å². The SMILES string of the molecule is CCC(C)(C)CC.CCC(C)(C)CC. The van der Waals surface area contributed by atoms with Gasteiger partial charge in [0.2, 0.25) is 0 Å². The Morgan fingerprint density at radius 3 is 0.643 bits per heavy atom. The maximum atomic E-state index is 2.30. The predicted molar refractivity (Wildman–Crippen MR) is 68.7 cm³/mol. The fourth-order valence-electron chi connectivity index (χ4n) is 0.500. The lowest BCUT2D eigenvalue weighted by atomic mass is 9.88. The van der Waals surface area contributed by atoms with Gasteiger partial charge in [0.05, 0.1) is 0 Å². The fourth-order valence-corrected chi connectivity index (χ4v) is 0.500. The topological polar surface area (TPSA) is 0 Å². The lowest BCUT2D eigenvalue weighted by Gasteiger charge is -2.18. The molecule has 0 nitrogen and oxygen atoms in total. The van der Waals surface area contributed by atoms with Crippen molar-refractivity contribution in [2.24, 2.45) is 10.8 Å². The molecule has 0 radical (unpaired) electrons. The second-order valence-corrected chi connectivity index (χ2v) is 5.74. The van der Waals surface area contributed by atoms with Crippen molar-refractivity contribution >= 4 is 0 Å². The average Bonchev–Trinajstić information content (AvgIpc) is 2.19. The second kappa shape index (κ2) is 7.31. The van der Waals surface area contributed by atoms with Crippen LogP contribution in [0.1, 0.15) is 81.1 Å². The normalized spacial score (nSPS) is 12.0. The van der Waals surface area contributed by atoms with E-state index in [9.17, 15) is 0 Å². The highest BCUT2D eigenvalue weighted by Crippen LogP contribution is 2.23. The van der Waals surface area contributed by atoms with Crippen LogP contribution in [0.25, 0.3) is 0 Å². The summed E-state index contributed by atoms with van der Waals surface area (Å²) in [5, 5.41) is 0. The Hall–Kier alpha value is 0. The van der Waals surface area contributed by atoms with Crippen molar-refractivity contribution in [3.8, 4) is 0 Å². The molecule has 0 heterocycles. The third-order valence-corrected chi connectivity index (χ3v) is 3.83. The summed E-state index contributed by atoms with van der Waals surface area (Å²) in [6, 6.07) is 0. The molecule has 0 spiro atoms. The van der Waals surface area contributed by atoms with Gasteiger partial charge in [-0.2, -0.15) is 0 Å². The van der Waals surface area contributed by atoms with Crippen molar-refractivity contribution in [3.05, 3.63) is 0 Å². The molecule has 0 amide bonds. The molecule has 0 rings (SSSR count). The Morgan fingerprint density at radius 1 is 0.500 bits per heavy atom. The van der Waals surface area contributed by atoms with Crippen molar-refractivity contribution in [1.82, 2.24) is 0 Å². The molecule has 0 atom stereocenters. The van der Waals surface area contributed by atoms with Gasteiger partial charge in [0, 0.05) is 0 Å². The van der Waals surface area contributed by atoms with Crippen LogP contribution < -0.4 is 0 Å². The lowest BCUT2D eigenvalue weighted by molar-refractivity contribution is 0.338. The summed E-state index contributed by atoms with van der Waals surface area (Å²) < 4.78 is 0. The smallest absolute Gasteiger partial charge is 0.0359 e. The third kappa shape index (κ3) is 10.1. The van der Waals surface area contributed by atoms with Gasteiger partial charge in [-0.15, -0.1) is 0 Å². The molecule has 0 fully saturated rings. The van der Waals surface area contributed by atoms with Gasteiger partial charge in [-0.1, -0.05) is 81.1 Å². The summed E-state index contributed by atoms with van der Waals surface area (Å²) in [7, 11) is 0. The summed E-state index contributed by atoms with van der Waals surface area (Å²) in [6.07, 6.45) is 5.18. The van der Waals surface area contributed by atoms with Crippen molar-refractivity contribution in [1.29, 1.82) is 0 Å². The number of hydrogen-bond acceptors (Lipinski definition) is 0. The maximum Gasteiger partial charge on any atom is -0.0359 e. The van der Waals surface area contributed by atoms with Gasteiger partial charge in [-0.3, -0.25) is 0 Å². The molecule has 0 aromatic heterocycles. The highest BCUT2D eigenvalue weighted by molar-refractivity contribution is 4.62. The van der Waals surface area contributed by atoms with Crippen molar-refractivity contribution in [2.45, 2.75) is 81.1 Å². The third-order valence-electron chi connectivity index (χ3n) is 3.83. The van der Waals surface area contributed by atoms with Crippen LogP contribution in [0.5, 0.6) is 0 Å². The van der Waals surface area contributed by atoms with E-state index in [1.165, 1.54) is 25.7 Å². The van der Waals surface area contributed by atoms with E-state index in [1.54, 1.807) is 0 Å². The molecule has 0 bridgehead atoms. The van der Waals surface area contributed by atoms with Crippen molar-refractivity contribution in [3.63, 3.8) is 0 Å². The van der Waals surface area contributed by atoms with E-state index in [-0.39, 0.29) is 0 Å². The Bertz CT molecular complexity index is 92.0. The predicted octanol–water partition coefficient (Wildman–Crippen LogP) is 5.67. The largest absolute Gasteiger partial charge is 0.0649 e. The zero-order valence-electron chi connectivity index (χ0n) is 11.8.